The number of nitrogens with zero attached hydrogens (tertiary/aromatic N) is 1. The van der Waals surface area contributed by atoms with Gasteiger partial charge in [-0.3, -0.25) is 0 Å². The number of hydrogen-bond donors (Lipinski definition) is 2. The van der Waals surface area contributed by atoms with E-state index in [2.05, 4.69) is 17.0 Å². The molecule has 2 aliphatic rings. The Kier molecular flexibility index (Phi) is 5.76. The van der Waals surface area contributed by atoms with Crippen LogP contribution in [0, 0.1) is 5.92 Å². The molecule has 0 aromatic rings. The average Bonchev–Trinajstić information content (AvgIpc) is 2.85. The second-order valence-electron chi connectivity index (χ2n) is 6.15. The van der Waals surface area contributed by atoms with Crippen LogP contribution in [0.3, 0.4) is 0 Å². The lowest BCUT2D eigenvalue weighted by atomic mass is 10.00. The number of hydrogen-bond acceptors (Lipinski definition) is 4. The van der Waals surface area contributed by atoms with Crippen molar-refractivity contribution < 1.29 is 8.42 Å². The van der Waals surface area contributed by atoms with Gasteiger partial charge in [-0.1, -0.05) is 0 Å². The van der Waals surface area contributed by atoms with Crippen LogP contribution in [0.4, 0.5) is 0 Å². The molecule has 0 aromatic carbocycles. The van der Waals surface area contributed by atoms with Crippen LogP contribution in [0.2, 0.25) is 0 Å². The fourth-order valence-corrected chi connectivity index (χ4v) is 5.81. The summed E-state index contributed by atoms with van der Waals surface area (Å²) >= 11 is 1.89. The summed E-state index contributed by atoms with van der Waals surface area (Å²) in [7, 11) is -1.40. The average molecular weight is 322 g/mol. The third-order valence-corrected chi connectivity index (χ3v) is 7.30. The van der Waals surface area contributed by atoms with E-state index in [4.69, 9.17) is 0 Å². The third-order valence-electron chi connectivity index (χ3n) is 4.24. The monoisotopic (exact) mass is 321 g/mol. The topological polar surface area (TPSA) is 61.4 Å². The van der Waals surface area contributed by atoms with Crippen molar-refractivity contribution in [3.05, 3.63) is 0 Å². The summed E-state index contributed by atoms with van der Waals surface area (Å²) in [5.74, 6) is 1.58. The SMILES string of the molecule is CNCC1CCCN(S(=O)(=O)NCC2(C)CCCS2)C1. The van der Waals surface area contributed by atoms with Gasteiger partial charge in [0.2, 0.25) is 0 Å². The summed E-state index contributed by atoms with van der Waals surface area (Å²) in [4.78, 5) is 0. The molecule has 2 fully saturated rings. The molecule has 0 aliphatic carbocycles. The third kappa shape index (κ3) is 4.34. The molecule has 2 rings (SSSR count). The van der Waals surface area contributed by atoms with Gasteiger partial charge in [0.05, 0.1) is 0 Å². The predicted octanol–water partition coefficient (Wildman–Crippen LogP) is 1.04. The van der Waals surface area contributed by atoms with Crippen molar-refractivity contribution in [2.75, 3.05) is 39.0 Å². The second kappa shape index (κ2) is 6.96. The highest BCUT2D eigenvalue weighted by Gasteiger charge is 2.33. The molecule has 20 heavy (non-hydrogen) atoms. The molecule has 2 unspecified atom stereocenters. The highest BCUT2D eigenvalue weighted by molar-refractivity contribution is 8.00. The smallest absolute Gasteiger partial charge is 0.279 e. The number of piperidine rings is 1. The van der Waals surface area contributed by atoms with Gasteiger partial charge >= 0.3 is 0 Å². The van der Waals surface area contributed by atoms with E-state index in [-0.39, 0.29) is 4.75 Å². The molecule has 2 aliphatic heterocycles. The Morgan fingerprint density at radius 2 is 2.20 bits per heavy atom. The van der Waals surface area contributed by atoms with Crippen LogP contribution in [0.25, 0.3) is 0 Å². The van der Waals surface area contributed by atoms with Crippen molar-refractivity contribution in [3.63, 3.8) is 0 Å². The van der Waals surface area contributed by atoms with E-state index in [9.17, 15) is 8.42 Å². The predicted molar refractivity (Wildman–Crippen MR) is 85.2 cm³/mol. The Morgan fingerprint density at radius 3 is 2.85 bits per heavy atom. The summed E-state index contributed by atoms with van der Waals surface area (Å²) < 4.78 is 29.4. The highest BCUT2D eigenvalue weighted by atomic mass is 32.2. The van der Waals surface area contributed by atoms with Gasteiger partial charge in [0.25, 0.3) is 10.2 Å². The van der Waals surface area contributed by atoms with Gasteiger partial charge in [-0.15, -0.1) is 0 Å². The molecule has 2 N–H and O–H groups in total. The summed E-state index contributed by atoms with van der Waals surface area (Å²) in [5.41, 5.74) is 0. The lowest BCUT2D eigenvalue weighted by Gasteiger charge is -2.33. The molecule has 7 heteroatoms. The maximum absolute atomic E-state index is 12.4. The van der Waals surface area contributed by atoms with Crippen molar-refractivity contribution >= 4 is 22.0 Å². The van der Waals surface area contributed by atoms with Crippen molar-refractivity contribution in [1.29, 1.82) is 0 Å². The zero-order valence-corrected chi connectivity index (χ0v) is 14.2. The van der Waals surface area contributed by atoms with E-state index in [0.717, 1.165) is 31.6 Å². The van der Waals surface area contributed by atoms with Crippen LogP contribution in [-0.2, 0) is 10.2 Å². The minimum absolute atomic E-state index is 0.0766. The van der Waals surface area contributed by atoms with Gasteiger partial charge in [0.1, 0.15) is 0 Å². The lowest BCUT2D eigenvalue weighted by Crippen LogP contribution is -2.49. The summed E-state index contributed by atoms with van der Waals surface area (Å²) in [5, 5.41) is 3.15. The van der Waals surface area contributed by atoms with E-state index >= 15 is 0 Å². The maximum Gasteiger partial charge on any atom is 0.279 e. The molecule has 0 bridgehead atoms. The normalized spacial score (nSPS) is 32.6. The van der Waals surface area contributed by atoms with E-state index in [0.29, 0.717) is 25.6 Å². The van der Waals surface area contributed by atoms with E-state index in [1.165, 1.54) is 6.42 Å². The fraction of sp³-hybridized carbons (Fsp3) is 1.00. The molecule has 0 aromatic heterocycles. The van der Waals surface area contributed by atoms with Crippen molar-refractivity contribution in [3.8, 4) is 0 Å². The number of thioether (sulfide) groups is 1. The summed E-state index contributed by atoms with van der Waals surface area (Å²) in [6, 6.07) is 0. The summed E-state index contributed by atoms with van der Waals surface area (Å²) in [6.07, 6.45) is 4.36. The maximum atomic E-state index is 12.4. The van der Waals surface area contributed by atoms with Crippen LogP contribution < -0.4 is 10.0 Å². The van der Waals surface area contributed by atoms with Crippen molar-refractivity contribution in [2.45, 2.75) is 37.4 Å². The van der Waals surface area contributed by atoms with Gasteiger partial charge < -0.3 is 5.32 Å². The van der Waals surface area contributed by atoms with Gasteiger partial charge in [-0.25, -0.2) is 4.72 Å². The molecular formula is C13H27N3O2S2. The minimum atomic E-state index is -3.32. The Labute approximate surface area is 127 Å². The Balaban J connectivity index is 1.88. The molecular weight excluding hydrogens is 294 g/mol. The molecule has 0 spiro atoms. The van der Waals surface area contributed by atoms with Gasteiger partial charge in [-0.05, 0) is 57.9 Å². The van der Waals surface area contributed by atoms with Crippen LogP contribution in [0.15, 0.2) is 0 Å². The molecule has 5 nitrogen and oxygen atoms in total. The zero-order chi connectivity index (χ0) is 14.6. The number of nitrogens with one attached hydrogen (secondary N) is 2. The largest absolute Gasteiger partial charge is 0.319 e. The molecule has 118 valence electrons. The van der Waals surface area contributed by atoms with Gasteiger partial charge in [0.15, 0.2) is 0 Å². The van der Waals surface area contributed by atoms with Crippen LogP contribution in [-0.4, -0.2) is 56.4 Å². The van der Waals surface area contributed by atoms with Crippen LogP contribution in [0.1, 0.15) is 32.6 Å². The summed E-state index contributed by atoms with van der Waals surface area (Å²) in [6.45, 7) is 4.89. The lowest BCUT2D eigenvalue weighted by molar-refractivity contribution is 0.260. The molecule has 2 atom stereocenters. The Hall–Kier alpha value is 0.180. The van der Waals surface area contributed by atoms with E-state index in [1.807, 2.05) is 18.8 Å². The van der Waals surface area contributed by atoms with E-state index < -0.39 is 10.2 Å². The molecule has 0 amide bonds. The minimum Gasteiger partial charge on any atom is -0.319 e. The Morgan fingerprint density at radius 1 is 1.40 bits per heavy atom. The first-order valence-electron chi connectivity index (χ1n) is 7.48. The second-order valence-corrected chi connectivity index (χ2v) is 9.59. The van der Waals surface area contributed by atoms with Gasteiger partial charge in [0, 0.05) is 24.4 Å². The van der Waals surface area contributed by atoms with Crippen molar-refractivity contribution in [1.82, 2.24) is 14.3 Å². The van der Waals surface area contributed by atoms with E-state index in [1.54, 1.807) is 4.31 Å². The quantitative estimate of drug-likeness (QED) is 0.767. The molecule has 2 heterocycles. The van der Waals surface area contributed by atoms with Crippen molar-refractivity contribution in [2.24, 2.45) is 5.92 Å². The standard InChI is InChI=1S/C13H27N3O2S2/c1-13(6-4-8-19-13)11-15-20(17,18)16-7-3-5-12(10-16)9-14-2/h12,14-15H,3-11H2,1-2H3. The fourth-order valence-electron chi connectivity index (χ4n) is 3.01. The Bertz CT molecular complexity index is 406. The van der Waals surface area contributed by atoms with Gasteiger partial charge in [-0.2, -0.15) is 24.5 Å². The molecule has 2 saturated heterocycles. The molecule has 0 saturated carbocycles. The number of rotatable bonds is 6. The van der Waals surface area contributed by atoms with Crippen LogP contribution in [0.5, 0.6) is 0 Å². The first-order valence-corrected chi connectivity index (χ1v) is 9.91. The van der Waals surface area contributed by atoms with Crippen LogP contribution >= 0.6 is 11.8 Å². The first-order chi connectivity index (χ1) is 9.45. The zero-order valence-electron chi connectivity index (χ0n) is 12.5. The highest BCUT2D eigenvalue weighted by Crippen LogP contribution is 2.37. The molecule has 0 radical (unpaired) electrons. The first kappa shape index (κ1) is 16.5.